The van der Waals surface area contributed by atoms with Crippen LogP contribution in [-0.4, -0.2) is 31.9 Å². The molecule has 0 saturated heterocycles. The number of nitriles is 1. The summed E-state index contributed by atoms with van der Waals surface area (Å²) >= 11 is 0.307. The Balaban J connectivity index is 1.66. The van der Waals surface area contributed by atoms with Crippen molar-refractivity contribution in [2.24, 2.45) is 0 Å². The second-order valence-corrected chi connectivity index (χ2v) is 8.66. The predicted octanol–water partition coefficient (Wildman–Crippen LogP) is 2.89. The maximum atomic E-state index is 12.9. The molecule has 0 bridgehead atoms. The molecule has 0 fully saturated rings. The number of rotatable bonds is 4. The van der Waals surface area contributed by atoms with Gasteiger partial charge in [-0.3, -0.25) is 0 Å². The highest BCUT2D eigenvalue weighted by atomic mass is 32.2. The van der Waals surface area contributed by atoms with Gasteiger partial charge in [0.05, 0.1) is 54.7 Å². The van der Waals surface area contributed by atoms with Crippen LogP contribution in [0.4, 0.5) is 5.69 Å². The summed E-state index contributed by atoms with van der Waals surface area (Å²) in [6, 6.07) is 11.8. The summed E-state index contributed by atoms with van der Waals surface area (Å²) in [5.74, 6) is 0. The molecule has 0 saturated carbocycles. The molecule has 0 radical (unpaired) electrons. The summed E-state index contributed by atoms with van der Waals surface area (Å²) in [4.78, 5) is 9.47. The Labute approximate surface area is 159 Å². The van der Waals surface area contributed by atoms with Gasteiger partial charge in [0, 0.05) is 24.5 Å². The minimum Gasteiger partial charge on any atom is -0.592 e. The zero-order valence-corrected chi connectivity index (χ0v) is 15.6. The van der Waals surface area contributed by atoms with Crippen molar-refractivity contribution < 1.29 is 4.55 Å². The van der Waals surface area contributed by atoms with E-state index in [1.165, 1.54) is 11.3 Å². The van der Waals surface area contributed by atoms with Crippen LogP contribution < -0.4 is 4.90 Å². The molecule has 8 heteroatoms. The molecule has 3 aromatic rings. The van der Waals surface area contributed by atoms with E-state index in [4.69, 9.17) is 0 Å². The van der Waals surface area contributed by atoms with Gasteiger partial charge in [-0.05, 0) is 35.2 Å². The number of aromatic amines is 1. The summed E-state index contributed by atoms with van der Waals surface area (Å²) in [5, 5.41) is 11.2. The Morgan fingerprint density at radius 2 is 2.27 bits per heavy atom. The number of anilines is 1. The van der Waals surface area contributed by atoms with Crippen molar-refractivity contribution in [3.63, 3.8) is 0 Å². The number of fused-ring (bicyclic) bond motifs is 1. The monoisotopic (exact) mass is 383 g/mol. The molecule has 0 amide bonds. The Bertz CT molecular complexity index is 904. The van der Waals surface area contributed by atoms with E-state index in [1.807, 2.05) is 46.2 Å². The summed E-state index contributed by atoms with van der Waals surface area (Å²) in [6.45, 7) is 2.66. The molecule has 1 aliphatic rings. The van der Waals surface area contributed by atoms with Crippen LogP contribution in [0.15, 0.2) is 52.4 Å². The van der Waals surface area contributed by atoms with E-state index in [-0.39, 0.29) is 0 Å². The number of H-pyrrole nitrogens is 1. The van der Waals surface area contributed by atoms with Crippen LogP contribution >= 0.6 is 11.3 Å². The fourth-order valence-corrected chi connectivity index (χ4v) is 5.30. The number of thiophene rings is 1. The Hall–Kier alpha value is -2.31. The second-order valence-electron chi connectivity index (χ2n) is 6.00. The number of nitrogens with one attached hydrogen (secondary N) is 1. The standard InChI is InChI=1S/C18H17N5OS2/c19-9-14-3-4-17-15(8-14)11-23(26(24)18-2-1-7-25-18)6-5-22(17)12-16-10-20-13-21-16/h1-4,7-8,10,13H,5-6,11-12H2,(H,20,21). The van der Waals surface area contributed by atoms with Gasteiger partial charge in [-0.2, -0.15) is 5.26 Å². The van der Waals surface area contributed by atoms with Gasteiger partial charge < -0.3 is 14.4 Å². The minimum absolute atomic E-state index is 0.550. The Morgan fingerprint density at radius 3 is 3.00 bits per heavy atom. The Morgan fingerprint density at radius 1 is 1.35 bits per heavy atom. The van der Waals surface area contributed by atoms with E-state index in [0.29, 0.717) is 25.2 Å². The van der Waals surface area contributed by atoms with Crippen LogP contribution in [0.1, 0.15) is 16.8 Å². The highest BCUT2D eigenvalue weighted by molar-refractivity contribution is 7.91. The van der Waals surface area contributed by atoms with E-state index in [1.54, 1.807) is 6.33 Å². The van der Waals surface area contributed by atoms with Gasteiger partial charge in [0.1, 0.15) is 0 Å². The molecule has 1 atom stereocenters. The maximum Gasteiger partial charge on any atom is 0.227 e. The van der Waals surface area contributed by atoms with Gasteiger partial charge in [-0.1, -0.05) is 11.3 Å². The quantitative estimate of drug-likeness (QED) is 0.701. The molecule has 132 valence electrons. The largest absolute Gasteiger partial charge is 0.592 e. The highest BCUT2D eigenvalue weighted by Crippen LogP contribution is 2.31. The van der Waals surface area contributed by atoms with E-state index in [2.05, 4.69) is 20.9 Å². The lowest BCUT2D eigenvalue weighted by Gasteiger charge is -2.24. The van der Waals surface area contributed by atoms with Crippen LogP contribution in [0.3, 0.4) is 0 Å². The van der Waals surface area contributed by atoms with Crippen molar-refractivity contribution in [3.05, 3.63) is 65.1 Å². The summed E-state index contributed by atoms with van der Waals surface area (Å²) in [5.41, 5.74) is 3.73. The molecule has 0 spiro atoms. The first-order chi connectivity index (χ1) is 12.7. The van der Waals surface area contributed by atoms with Gasteiger partial charge >= 0.3 is 0 Å². The lowest BCUT2D eigenvalue weighted by atomic mass is 10.1. The molecule has 0 aliphatic carbocycles. The SMILES string of the molecule is N#Cc1ccc2c(c1)CN([S+]([O-])c1cccs1)CCN2Cc1cnc[nH]1. The molecular weight excluding hydrogens is 366 g/mol. The van der Waals surface area contributed by atoms with E-state index in [0.717, 1.165) is 27.7 Å². The summed E-state index contributed by atoms with van der Waals surface area (Å²) in [6.07, 6.45) is 3.49. The fourth-order valence-electron chi connectivity index (χ4n) is 3.08. The molecule has 6 nitrogen and oxygen atoms in total. The average Bonchev–Trinajstić information content (AvgIpc) is 3.34. The smallest absolute Gasteiger partial charge is 0.227 e. The predicted molar refractivity (Wildman–Crippen MR) is 102 cm³/mol. The maximum absolute atomic E-state index is 12.9. The molecule has 1 N–H and O–H groups in total. The first-order valence-electron chi connectivity index (χ1n) is 8.20. The van der Waals surface area contributed by atoms with Crippen LogP contribution in [0.25, 0.3) is 0 Å². The van der Waals surface area contributed by atoms with Crippen molar-refractivity contribution in [3.8, 4) is 6.07 Å². The molecule has 3 heterocycles. The second kappa shape index (κ2) is 7.51. The zero-order valence-electron chi connectivity index (χ0n) is 14.0. The number of aromatic nitrogens is 2. The summed E-state index contributed by atoms with van der Waals surface area (Å²) < 4.78 is 15.8. The van der Waals surface area contributed by atoms with Crippen LogP contribution in [0, 0.1) is 11.3 Å². The first kappa shape index (κ1) is 17.1. The van der Waals surface area contributed by atoms with E-state index < -0.39 is 11.4 Å². The number of nitrogens with zero attached hydrogens (tertiary/aromatic N) is 4. The van der Waals surface area contributed by atoms with Crippen molar-refractivity contribution in [2.75, 3.05) is 18.0 Å². The topological polar surface area (TPSA) is 82.0 Å². The third-order valence-electron chi connectivity index (χ3n) is 4.33. The average molecular weight is 384 g/mol. The van der Waals surface area contributed by atoms with Crippen molar-refractivity contribution >= 4 is 28.4 Å². The number of hydrogen-bond donors (Lipinski definition) is 1. The molecule has 1 unspecified atom stereocenters. The van der Waals surface area contributed by atoms with Crippen molar-refractivity contribution in [1.82, 2.24) is 14.3 Å². The zero-order chi connectivity index (χ0) is 17.9. The molecule has 1 aliphatic heterocycles. The summed E-state index contributed by atoms with van der Waals surface area (Å²) in [7, 11) is 0. The number of imidazole rings is 1. The van der Waals surface area contributed by atoms with Gasteiger partial charge in [0.15, 0.2) is 0 Å². The minimum atomic E-state index is -1.20. The molecular formula is C18H17N5OS2. The first-order valence-corrected chi connectivity index (χ1v) is 10.2. The van der Waals surface area contributed by atoms with Crippen molar-refractivity contribution in [1.29, 1.82) is 5.26 Å². The van der Waals surface area contributed by atoms with Gasteiger partial charge in [-0.25, -0.2) is 4.98 Å². The van der Waals surface area contributed by atoms with Gasteiger partial charge in [0.2, 0.25) is 4.21 Å². The normalized spacial score (nSPS) is 15.9. The van der Waals surface area contributed by atoms with Crippen molar-refractivity contribution in [2.45, 2.75) is 17.3 Å². The molecule has 2 aromatic heterocycles. The van der Waals surface area contributed by atoms with E-state index in [9.17, 15) is 9.81 Å². The fraction of sp³-hybridized carbons (Fsp3) is 0.222. The number of hydrogen-bond acceptors (Lipinski definition) is 6. The van der Waals surface area contributed by atoms with E-state index >= 15 is 0 Å². The van der Waals surface area contributed by atoms with Crippen LogP contribution in [-0.2, 0) is 24.5 Å². The number of benzene rings is 1. The Kier molecular flexibility index (Phi) is 4.95. The third kappa shape index (κ3) is 3.48. The highest BCUT2D eigenvalue weighted by Gasteiger charge is 2.29. The van der Waals surface area contributed by atoms with Gasteiger partial charge in [-0.15, -0.1) is 4.31 Å². The molecule has 4 rings (SSSR count). The van der Waals surface area contributed by atoms with Crippen LogP contribution in [0.2, 0.25) is 0 Å². The molecule has 26 heavy (non-hydrogen) atoms. The van der Waals surface area contributed by atoms with Gasteiger partial charge in [0.25, 0.3) is 0 Å². The lowest BCUT2D eigenvalue weighted by Crippen LogP contribution is -2.35. The van der Waals surface area contributed by atoms with Crippen LogP contribution in [0.5, 0.6) is 0 Å². The lowest BCUT2D eigenvalue weighted by molar-refractivity contribution is 0.419. The third-order valence-corrected chi connectivity index (χ3v) is 6.97. The molecule has 1 aromatic carbocycles.